The number of hydrogen-bond acceptors (Lipinski definition) is 2. The van der Waals surface area contributed by atoms with Gasteiger partial charge >= 0.3 is 0 Å². The van der Waals surface area contributed by atoms with Crippen LogP contribution in [0.5, 0.6) is 0 Å². The summed E-state index contributed by atoms with van der Waals surface area (Å²) < 4.78 is 1.10. The number of halogens is 1. The molecule has 0 unspecified atom stereocenters. The van der Waals surface area contributed by atoms with E-state index in [9.17, 15) is 4.79 Å². The van der Waals surface area contributed by atoms with Gasteiger partial charge in [0.05, 0.1) is 6.54 Å². The lowest BCUT2D eigenvalue weighted by Crippen LogP contribution is -2.24. The molecule has 1 aromatic rings. The Labute approximate surface area is 121 Å². The minimum Gasteiger partial charge on any atom is -0.351 e. The fourth-order valence-corrected chi connectivity index (χ4v) is 3.93. The minimum atomic E-state index is 0.214. The second-order valence-corrected chi connectivity index (χ2v) is 6.98. The molecule has 18 heavy (non-hydrogen) atoms. The molecule has 1 fully saturated rings. The van der Waals surface area contributed by atoms with Crippen molar-refractivity contribution >= 4 is 33.2 Å². The summed E-state index contributed by atoms with van der Waals surface area (Å²) in [6.45, 7) is 0.668. The molecule has 0 aliphatic heterocycles. The molecule has 1 aliphatic rings. The summed E-state index contributed by atoms with van der Waals surface area (Å²) in [5, 5.41) is 5.08. The van der Waals surface area contributed by atoms with Crippen LogP contribution in [0.1, 0.15) is 49.8 Å². The summed E-state index contributed by atoms with van der Waals surface area (Å²) in [6.07, 6.45) is 8.48. The van der Waals surface area contributed by atoms with E-state index in [0.29, 0.717) is 18.9 Å². The predicted octanol–water partition coefficient (Wildman–Crippen LogP) is 4.49. The van der Waals surface area contributed by atoms with Crippen LogP contribution in [0.25, 0.3) is 0 Å². The summed E-state index contributed by atoms with van der Waals surface area (Å²) in [6, 6.07) is 2.07. The van der Waals surface area contributed by atoms with Gasteiger partial charge in [0.2, 0.25) is 5.91 Å². The van der Waals surface area contributed by atoms with Crippen molar-refractivity contribution in [2.75, 3.05) is 0 Å². The first kappa shape index (κ1) is 14.1. The van der Waals surface area contributed by atoms with Crippen LogP contribution in [0.2, 0.25) is 0 Å². The van der Waals surface area contributed by atoms with E-state index in [2.05, 4.69) is 27.3 Å². The summed E-state index contributed by atoms with van der Waals surface area (Å²) >= 11 is 5.10. The normalized spacial score (nSPS) is 17.4. The molecule has 1 aliphatic carbocycles. The quantitative estimate of drug-likeness (QED) is 0.810. The molecule has 100 valence electrons. The highest BCUT2D eigenvalue weighted by Gasteiger charge is 2.15. The van der Waals surface area contributed by atoms with E-state index in [1.54, 1.807) is 11.3 Å². The third-order valence-corrected chi connectivity index (χ3v) is 5.23. The lowest BCUT2D eigenvalue weighted by Gasteiger charge is -2.13. The standard InChI is InChI=1S/C14H20BrNOS/c15-12-8-13(18-10-12)9-16-14(17)7-11-5-3-1-2-4-6-11/h8,10-11H,1-7,9H2,(H,16,17). The van der Waals surface area contributed by atoms with Crippen LogP contribution in [0.15, 0.2) is 15.9 Å². The van der Waals surface area contributed by atoms with Gasteiger partial charge in [-0.25, -0.2) is 0 Å². The van der Waals surface area contributed by atoms with Gasteiger partial charge in [0, 0.05) is 21.2 Å². The fourth-order valence-electron chi connectivity index (χ4n) is 2.53. The molecule has 0 saturated heterocycles. The van der Waals surface area contributed by atoms with Gasteiger partial charge in [-0.1, -0.05) is 25.7 Å². The second-order valence-electron chi connectivity index (χ2n) is 5.07. The third kappa shape index (κ3) is 4.73. The second kappa shape index (κ2) is 7.29. The van der Waals surface area contributed by atoms with E-state index >= 15 is 0 Å². The molecule has 1 amide bonds. The van der Waals surface area contributed by atoms with Crippen molar-refractivity contribution < 1.29 is 4.79 Å². The van der Waals surface area contributed by atoms with Gasteiger partial charge in [-0.15, -0.1) is 11.3 Å². The van der Waals surface area contributed by atoms with Gasteiger partial charge in [-0.3, -0.25) is 4.79 Å². The number of amides is 1. The molecular formula is C14H20BrNOS. The molecule has 0 spiro atoms. The Bertz CT molecular complexity index is 383. The van der Waals surface area contributed by atoms with Crippen molar-refractivity contribution in [1.82, 2.24) is 5.32 Å². The highest BCUT2D eigenvalue weighted by atomic mass is 79.9. The van der Waals surface area contributed by atoms with Crippen LogP contribution in [0, 0.1) is 5.92 Å². The molecule has 1 aromatic heterocycles. The van der Waals surface area contributed by atoms with E-state index in [-0.39, 0.29) is 5.91 Å². The Morgan fingerprint density at radius 2 is 2.06 bits per heavy atom. The summed E-state index contributed by atoms with van der Waals surface area (Å²) in [7, 11) is 0. The van der Waals surface area contributed by atoms with E-state index < -0.39 is 0 Å². The van der Waals surface area contributed by atoms with Crippen LogP contribution in [-0.4, -0.2) is 5.91 Å². The SMILES string of the molecule is O=C(CC1CCCCCC1)NCc1cc(Br)cs1. The number of carbonyl (C=O) groups excluding carboxylic acids is 1. The molecular weight excluding hydrogens is 310 g/mol. The maximum atomic E-state index is 11.9. The van der Waals surface area contributed by atoms with Crippen LogP contribution in [0.3, 0.4) is 0 Å². The van der Waals surface area contributed by atoms with Gasteiger partial charge in [0.15, 0.2) is 0 Å². The van der Waals surface area contributed by atoms with Crippen molar-refractivity contribution in [2.24, 2.45) is 5.92 Å². The minimum absolute atomic E-state index is 0.214. The topological polar surface area (TPSA) is 29.1 Å². The Kier molecular flexibility index (Phi) is 5.70. The fraction of sp³-hybridized carbons (Fsp3) is 0.643. The van der Waals surface area contributed by atoms with Crippen LogP contribution >= 0.6 is 27.3 Å². The highest BCUT2D eigenvalue weighted by Crippen LogP contribution is 2.25. The maximum absolute atomic E-state index is 11.9. The number of nitrogens with one attached hydrogen (secondary N) is 1. The molecule has 0 bridgehead atoms. The lowest BCUT2D eigenvalue weighted by molar-refractivity contribution is -0.122. The number of thiophene rings is 1. The predicted molar refractivity (Wildman–Crippen MR) is 79.7 cm³/mol. The molecule has 2 rings (SSSR count). The molecule has 0 aromatic carbocycles. The summed E-state index contributed by atoms with van der Waals surface area (Å²) in [5.41, 5.74) is 0. The molecule has 1 N–H and O–H groups in total. The van der Waals surface area contributed by atoms with Crippen molar-refractivity contribution in [3.63, 3.8) is 0 Å². The van der Waals surface area contributed by atoms with E-state index in [0.717, 1.165) is 4.47 Å². The van der Waals surface area contributed by atoms with E-state index in [1.165, 1.54) is 43.4 Å². The molecule has 4 heteroatoms. The van der Waals surface area contributed by atoms with Crippen LogP contribution in [-0.2, 0) is 11.3 Å². The number of hydrogen-bond donors (Lipinski definition) is 1. The summed E-state index contributed by atoms with van der Waals surface area (Å²) in [5.74, 6) is 0.828. The smallest absolute Gasteiger partial charge is 0.220 e. The Hall–Kier alpha value is -0.350. The number of carbonyl (C=O) groups is 1. The van der Waals surface area contributed by atoms with Crippen molar-refractivity contribution in [2.45, 2.75) is 51.5 Å². The lowest BCUT2D eigenvalue weighted by atomic mass is 9.96. The molecule has 0 radical (unpaired) electrons. The van der Waals surface area contributed by atoms with Gasteiger partial charge in [-0.2, -0.15) is 0 Å². The Morgan fingerprint density at radius 1 is 1.33 bits per heavy atom. The zero-order valence-electron chi connectivity index (χ0n) is 10.6. The molecule has 1 saturated carbocycles. The highest BCUT2D eigenvalue weighted by molar-refractivity contribution is 9.10. The molecule has 1 heterocycles. The first-order chi connectivity index (χ1) is 8.74. The monoisotopic (exact) mass is 329 g/mol. The first-order valence-electron chi connectivity index (χ1n) is 6.73. The summed E-state index contributed by atoms with van der Waals surface area (Å²) in [4.78, 5) is 13.1. The molecule has 0 atom stereocenters. The van der Waals surface area contributed by atoms with Gasteiger partial charge in [0.25, 0.3) is 0 Å². The van der Waals surface area contributed by atoms with Gasteiger partial charge < -0.3 is 5.32 Å². The van der Waals surface area contributed by atoms with Gasteiger partial charge in [-0.05, 0) is 40.8 Å². The van der Waals surface area contributed by atoms with Crippen LogP contribution < -0.4 is 5.32 Å². The average Bonchev–Trinajstić information content (AvgIpc) is 2.60. The zero-order chi connectivity index (χ0) is 12.8. The van der Waals surface area contributed by atoms with Gasteiger partial charge in [0.1, 0.15) is 0 Å². The van der Waals surface area contributed by atoms with Crippen molar-refractivity contribution in [1.29, 1.82) is 0 Å². The van der Waals surface area contributed by atoms with Crippen molar-refractivity contribution in [3.8, 4) is 0 Å². The van der Waals surface area contributed by atoms with E-state index in [1.807, 2.05) is 5.38 Å². The zero-order valence-corrected chi connectivity index (χ0v) is 13.0. The van der Waals surface area contributed by atoms with E-state index in [4.69, 9.17) is 0 Å². The first-order valence-corrected chi connectivity index (χ1v) is 8.41. The third-order valence-electron chi connectivity index (χ3n) is 3.53. The molecule has 2 nitrogen and oxygen atoms in total. The average molecular weight is 330 g/mol. The number of rotatable bonds is 4. The van der Waals surface area contributed by atoms with Crippen LogP contribution in [0.4, 0.5) is 0 Å². The van der Waals surface area contributed by atoms with Crippen molar-refractivity contribution in [3.05, 3.63) is 20.8 Å². The maximum Gasteiger partial charge on any atom is 0.220 e. The Morgan fingerprint density at radius 3 is 2.67 bits per heavy atom. The Balaban J connectivity index is 1.71. The largest absolute Gasteiger partial charge is 0.351 e.